The molecule has 4 nitrogen and oxygen atoms in total. The molecule has 0 amide bonds. The molecular weight excluding hydrogens is 288 g/mol. The quantitative estimate of drug-likeness (QED) is 0.687. The van der Waals surface area contributed by atoms with Gasteiger partial charge in [0.1, 0.15) is 5.15 Å². The molecule has 2 aromatic heterocycles. The fourth-order valence-electron chi connectivity index (χ4n) is 2.16. The first-order valence-corrected chi connectivity index (χ1v) is 6.74. The number of fused-ring (bicyclic) bond motifs is 1. The standard InChI is InChI=1S/C16H13ClN2O2/c1-20-14-5-3-10(8-15(14)21-2)11-7-13-12(18-9-11)4-6-16(17)19-13/h3-9H,1-2H3. The molecule has 0 bridgehead atoms. The second-order valence-corrected chi connectivity index (χ2v) is 4.85. The van der Waals surface area contributed by atoms with Crippen LogP contribution in [0.15, 0.2) is 42.6 Å². The van der Waals surface area contributed by atoms with Gasteiger partial charge in [-0.25, -0.2) is 4.98 Å². The average molecular weight is 301 g/mol. The Labute approximate surface area is 127 Å². The summed E-state index contributed by atoms with van der Waals surface area (Å²) in [5, 5.41) is 0.453. The van der Waals surface area contributed by atoms with Crippen molar-refractivity contribution in [3.63, 3.8) is 0 Å². The van der Waals surface area contributed by atoms with Crippen LogP contribution in [0.25, 0.3) is 22.2 Å². The number of hydrogen-bond acceptors (Lipinski definition) is 4. The van der Waals surface area contributed by atoms with Crippen LogP contribution in [-0.4, -0.2) is 24.2 Å². The fraction of sp³-hybridized carbons (Fsp3) is 0.125. The van der Waals surface area contributed by atoms with E-state index >= 15 is 0 Å². The second kappa shape index (κ2) is 5.58. The topological polar surface area (TPSA) is 44.2 Å². The Hall–Kier alpha value is -2.33. The average Bonchev–Trinajstić information content (AvgIpc) is 2.53. The van der Waals surface area contributed by atoms with Gasteiger partial charge in [-0.05, 0) is 35.9 Å². The lowest BCUT2D eigenvalue weighted by Gasteiger charge is -2.10. The molecule has 0 saturated carbocycles. The first-order chi connectivity index (χ1) is 10.2. The van der Waals surface area contributed by atoms with Gasteiger partial charge in [0.15, 0.2) is 11.5 Å². The molecule has 3 rings (SSSR count). The minimum atomic E-state index is 0.453. The summed E-state index contributed by atoms with van der Waals surface area (Å²) in [6.07, 6.45) is 1.80. The van der Waals surface area contributed by atoms with Gasteiger partial charge in [0.25, 0.3) is 0 Å². The van der Waals surface area contributed by atoms with Crippen LogP contribution in [0.4, 0.5) is 0 Å². The number of pyridine rings is 2. The summed E-state index contributed by atoms with van der Waals surface area (Å²) in [6.45, 7) is 0. The van der Waals surface area contributed by atoms with Gasteiger partial charge in [-0.15, -0.1) is 0 Å². The minimum absolute atomic E-state index is 0.453. The minimum Gasteiger partial charge on any atom is -0.493 e. The first-order valence-electron chi connectivity index (χ1n) is 6.36. The van der Waals surface area contributed by atoms with Crippen LogP contribution < -0.4 is 9.47 Å². The zero-order valence-electron chi connectivity index (χ0n) is 11.6. The largest absolute Gasteiger partial charge is 0.493 e. The number of hydrogen-bond donors (Lipinski definition) is 0. The Kier molecular flexibility index (Phi) is 3.62. The van der Waals surface area contributed by atoms with Gasteiger partial charge in [0, 0.05) is 11.8 Å². The van der Waals surface area contributed by atoms with Crippen LogP contribution in [0.1, 0.15) is 0 Å². The molecule has 0 aliphatic heterocycles. The van der Waals surface area contributed by atoms with E-state index in [9.17, 15) is 0 Å². The molecule has 0 spiro atoms. The van der Waals surface area contributed by atoms with Gasteiger partial charge in [0.2, 0.25) is 0 Å². The van der Waals surface area contributed by atoms with Crippen molar-refractivity contribution in [2.24, 2.45) is 0 Å². The maximum atomic E-state index is 5.93. The maximum absolute atomic E-state index is 5.93. The summed E-state index contributed by atoms with van der Waals surface area (Å²) in [5.41, 5.74) is 3.49. The molecule has 0 atom stereocenters. The summed E-state index contributed by atoms with van der Waals surface area (Å²) < 4.78 is 10.6. The second-order valence-electron chi connectivity index (χ2n) is 4.47. The third kappa shape index (κ3) is 2.62. The van der Waals surface area contributed by atoms with Gasteiger partial charge in [-0.2, -0.15) is 0 Å². The number of aromatic nitrogens is 2. The predicted octanol–water partition coefficient (Wildman–Crippen LogP) is 3.97. The van der Waals surface area contributed by atoms with E-state index < -0.39 is 0 Å². The summed E-state index contributed by atoms with van der Waals surface area (Å²) >= 11 is 5.93. The maximum Gasteiger partial charge on any atom is 0.161 e. The third-order valence-electron chi connectivity index (χ3n) is 3.22. The number of halogens is 1. The Morgan fingerprint density at radius 3 is 2.43 bits per heavy atom. The molecule has 5 heteroatoms. The van der Waals surface area contributed by atoms with Crippen molar-refractivity contribution in [3.8, 4) is 22.6 Å². The Morgan fingerprint density at radius 2 is 1.67 bits per heavy atom. The van der Waals surface area contributed by atoms with Gasteiger partial charge < -0.3 is 9.47 Å². The summed E-state index contributed by atoms with van der Waals surface area (Å²) in [5.74, 6) is 1.37. The SMILES string of the molecule is COc1ccc(-c2cnc3ccc(Cl)nc3c2)cc1OC. The number of benzene rings is 1. The van der Waals surface area contributed by atoms with E-state index in [2.05, 4.69) is 9.97 Å². The lowest BCUT2D eigenvalue weighted by molar-refractivity contribution is 0.355. The van der Waals surface area contributed by atoms with Gasteiger partial charge in [-0.1, -0.05) is 17.7 Å². The summed E-state index contributed by atoms with van der Waals surface area (Å²) in [7, 11) is 3.22. The van der Waals surface area contributed by atoms with Crippen LogP contribution in [0, 0.1) is 0 Å². The highest BCUT2D eigenvalue weighted by Crippen LogP contribution is 2.32. The van der Waals surface area contributed by atoms with Crippen molar-refractivity contribution >= 4 is 22.6 Å². The highest BCUT2D eigenvalue weighted by Gasteiger charge is 2.08. The molecule has 0 N–H and O–H groups in total. The molecule has 2 heterocycles. The first kappa shape index (κ1) is 13.6. The van der Waals surface area contributed by atoms with E-state index in [-0.39, 0.29) is 0 Å². The van der Waals surface area contributed by atoms with Crippen molar-refractivity contribution in [3.05, 3.63) is 47.7 Å². The fourth-order valence-corrected chi connectivity index (χ4v) is 2.31. The highest BCUT2D eigenvalue weighted by molar-refractivity contribution is 6.29. The van der Waals surface area contributed by atoms with E-state index in [0.29, 0.717) is 16.7 Å². The zero-order valence-corrected chi connectivity index (χ0v) is 12.4. The molecule has 0 aliphatic rings. The molecular formula is C16H13ClN2O2. The number of methoxy groups -OCH3 is 2. The number of ether oxygens (including phenoxy) is 2. The zero-order chi connectivity index (χ0) is 14.8. The van der Waals surface area contributed by atoms with E-state index in [0.717, 1.165) is 22.2 Å². The van der Waals surface area contributed by atoms with Crippen LogP contribution >= 0.6 is 11.6 Å². The van der Waals surface area contributed by atoms with Crippen molar-refractivity contribution < 1.29 is 9.47 Å². The Morgan fingerprint density at radius 1 is 0.857 bits per heavy atom. The number of nitrogens with zero attached hydrogens (tertiary/aromatic N) is 2. The van der Waals surface area contributed by atoms with E-state index in [1.165, 1.54) is 0 Å². The lowest BCUT2D eigenvalue weighted by Crippen LogP contribution is -1.91. The molecule has 0 aliphatic carbocycles. The van der Waals surface area contributed by atoms with Crippen LogP contribution in [0.3, 0.4) is 0 Å². The van der Waals surface area contributed by atoms with E-state index in [1.54, 1.807) is 26.5 Å². The van der Waals surface area contributed by atoms with Crippen molar-refractivity contribution in [1.82, 2.24) is 9.97 Å². The monoisotopic (exact) mass is 300 g/mol. The van der Waals surface area contributed by atoms with Gasteiger partial charge >= 0.3 is 0 Å². The highest BCUT2D eigenvalue weighted by atomic mass is 35.5. The van der Waals surface area contributed by atoms with Crippen LogP contribution in [0.2, 0.25) is 5.15 Å². The molecule has 21 heavy (non-hydrogen) atoms. The lowest BCUT2D eigenvalue weighted by atomic mass is 10.1. The summed E-state index contributed by atoms with van der Waals surface area (Å²) in [6, 6.07) is 11.3. The third-order valence-corrected chi connectivity index (χ3v) is 3.43. The number of rotatable bonds is 3. The Bertz CT molecular complexity index is 805. The van der Waals surface area contributed by atoms with Crippen molar-refractivity contribution in [2.45, 2.75) is 0 Å². The van der Waals surface area contributed by atoms with Crippen molar-refractivity contribution in [2.75, 3.05) is 14.2 Å². The van der Waals surface area contributed by atoms with Crippen LogP contribution in [0.5, 0.6) is 11.5 Å². The molecule has 1 aromatic carbocycles. The molecule has 0 unspecified atom stereocenters. The van der Waals surface area contributed by atoms with E-state index in [1.807, 2.05) is 30.3 Å². The summed E-state index contributed by atoms with van der Waals surface area (Å²) in [4.78, 5) is 8.69. The van der Waals surface area contributed by atoms with Crippen molar-refractivity contribution in [1.29, 1.82) is 0 Å². The van der Waals surface area contributed by atoms with Crippen LogP contribution in [-0.2, 0) is 0 Å². The van der Waals surface area contributed by atoms with E-state index in [4.69, 9.17) is 21.1 Å². The predicted molar refractivity (Wildman–Crippen MR) is 83.1 cm³/mol. The molecule has 0 radical (unpaired) electrons. The van der Waals surface area contributed by atoms with Gasteiger partial charge in [-0.3, -0.25) is 4.98 Å². The molecule has 0 saturated heterocycles. The van der Waals surface area contributed by atoms with Gasteiger partial charge in [0.05, 0.1) is 25.3 Å². The Balaban J connectivity index is 2.11. The normalized spacial score (nSPS) is 10.6. The molecule has 3 aromatic rings. The molecule has 106 valence electrons. The molecule has 0 fully saturated rings. The smallest absolute Gasteiger partial charge is 0.161 e.